The summed E-state index contributed by atoms with van der Waals surface area (Å²) in [7, 11) is -1.12. The molecule has 0 aromatic heterocycles. The van der Waals surface area contributed by atoms with E-state index in [9.17, 15) is 17.4 Å². The molecule has 0 aliphatic rings. The molecule has 0 radical (unpaired) electrons. The van der Waals surface area contributed by atoms with Gasteiger partial charge in [0.05, 0.1) is 20.6 Å². The van der Waals surface area contributed by atoms with Gasteiger partial charge in [0.25, 0.3) is 0 Å². The van der Waals surface area contributed by atoms with Crippen LogP contribution in [0.25, 0.3) is 6.08 Å². The van der Waals surface area contributed by atoms with Gasteiger partial charge in [-0.1, -0.05) is 12.1 Å². The van der Waals surface area contributed by atoms with E-state index in [1.54, 1.807) is 12.3 Å². The lowest BCUT2D eigenvalue weighted by atomic mass is 10.1. The van der Waals surface area contributed by atoms with Gasteiger partial charge < -0.3 is 0 Å². The Morgan fingerprint density at radius 2 is 1.82 bits per heavy atom. The van der Waals surface area contributed by atoms with E-state index in [4.69, 9.17) is 0 Å². The van der Waals surface area contributed by atoms with E-state index < -0.39 is 22.5 Å². The fraction of sp³-hybridized carbons (Fsp3) is 0.273. The number of benzene rings is 1. The molecule has 1 unspecified atom stereocenters. The van der Waals surface area contributed by atoms with Crippen molar-refractivity contribution < 1.29 is 17.4 Å². The van der Waals surface area contributed by atoms with Crippen LogP contribution < -0.4 is 0 Å². The van der Waals surface area contributed by atoms with E-state index in [2.05, 4.69) is 0 Å². The van der Waals surface area contributed by atoms with E-state index in [-0.39, 0.29) is 0 Å². The molecule has 1 rings (SSSR count). The predicted molar refractivity (Wildman–Crippen MR) is 67.0 cm³/mol. The van der Waals surface area contributed by atoms with Crippen LogP contribution in [-0.4, -0.2) is 16.7 Å². The molecule has 0 fully saturated rings. The van der Waals surface area contributed by atoms with Gasteiger partial charge in [0.15, 0.2) is 0 Å². The third-order valence-corrected chi connectivity index (χ3v) is 4.42. The van der Waals surface area contributed by atoms with Crippen LogP contribution in [-0.2, 0) is 17.0 Å². The molecule has 1 nitrogen and oxygen atoms in total. The third kappa shape index (κ3) is 4.20. The molecule has 0 saturated heterocycles. The van der Waals surface area contributed by atoms with Crippen molar-refractivity contribution in [2.75, 3.05) is 12.5 Å². The summed E-state index contributed by atoms with van der Waals surface area (Å²) in [6, 6.07) is 4.77. The molecule has 0 N–H and O–H groups in total. The monoisotopic (exact) mass is 280 g/mol. The van der Waals surface area contributed by atoms with Crippen LogP contribution >= 0.6 is 11.8 Å². The second-order valence-electron chi connectivity index (χ2n) is 3.24. The minimum Gasteiger partial charge on any atom is -0.254 e. The Labute approximate surface area is 105 Å². The van der Waals surface area contributed by atoms with Crippen LogP contribution in [0.5, 0.6) is 0 Å². The average molecular weight is 280 g/mol. The van der Waals surface area contributed by atoms with Crippen LogP contribution in [0.4, 0.5) is 13.2 Å². The molecule has 94 valence electrons. The summed E-state index contributed by atoms with van der Waals surface area (Å²) in [5.41, 5.74) is -0.0736. The van der Waals surface area contributed by atoms with E-state index in [1.165, 1.54) is 30.2 Å². The number of halogens is 3. The first kappa shape index (κ1) is 14.3. The highest BCUT2D eigenvalue weighted by Gasteiger charge is 2.29. The lowest BCUT2D eigenvalue weighted by molar-refractivity contribution is -0.137. The zero-order valence-corrected chi connectivity index (χ0v) is 10.9. The lowest BCUT2D eigenvalue weighted by Gasteiger charge is -2.06. The van der Waals surface area contributed by atoms with Crippen LogP contribution in [0.3, 0.4) is 0 Å². The second kappa shape index (κ2) is 5.73. The van der Waals surface area contributed by atoms with Crippen molar-refractivity contribution in [3.05, 3.63) is 39.6 Å². The van der Waals surface area contributed by atoms with Crippen molar-refractivity contribution in [1.82, 2.24) is 0 Å². The Kier molecular flexibility index (Phi) is 4.82. The van der Waals surface area contributed by atoms with Crippen molar-refractivity contribution in [2.24, 2.45) is 0 Å². The lowest BCUT2D eigenvalue weighted by Crippen LogP contribution is -2.04. The third-order valence-electron chi connectivity index (χ3n) is 2.01. The van der Waals surface area contributed by atoms with Crippen LogP contribution in [0.2, 0.25) is 0 Å². The summed E-state index contributed by atoms with van der Waals surface area (Å²) in [6.45, 7) is 0. The minimum absolute atomic E-state index is 0.609. The molecule has 1 aromatic carbocycles. The average Bonchev–Trinajstić information content (AvgIpc) is 2.25. The molecule has 1 aromatic rings. The molecule has 0 bridgehead atoms. The number of alkyl halides is 3. The fourth-order valence-electron chi connectivity index (χ4n) is 1.16. The first-order chi connectivity index (χ1) is 7.84. The summed E-state index contributed by atoms with van der Waals surface area (Å²) in [4.78, 5) is 0. The highest BCUT2D eigenvalue weighted by molar-refractivity contribution is 8.16. The van der Waals surface area contributed by atoms with Gasteiger partial charge in [0, 0.05) is 6.26 Å². The first-order valence-electron chi connectivity index (χ1n) is 4.61. The maximum atomic E-state index is 12.3. The Morgan fingerprint density at radius 1 is 1.29 bits per heavy atom. The number of thioether (sulfide) groups is 1. The SMILES string of the molecule is CS/C(=C\c1ccc(C(F)(F)F)cc1)S(C)=O. The molecule has 0 saturated carbocycles. The number of hydrogen-bond acceptors (Lipinski definition) is 2. The molecule has 6 heteroatoms. The molecule has 17 heavy (non-hydrogen) atoms. The van der Waals surface area contributed by atoms with E-state index in [1.807, 2.05) is 0 Å². The molecule has 0 aliphatic heterocycles. The summed E-state index contributed by atoms with van der Waals surface area (Å²) in [5, 5.41) is 0. The molecule has 0 heterocycles. The van der Waals surface area contributed by atoms with Gasteiger partial charge in [-0.15, -0.1) is 11.8 Å². The topological polar surface area (TPSA) is 17.1 Å². The van der Waals surface area contributed by atoms with Gasteiger partial charge in [-0.2, -0.15) is 13.2 Å². The largest absolute Gasteiger partial charge is 0.416 e. The summed E-state index contributed by atoms with van der Waals surface area (Å²) in [5.74, 6) is 0. The van der Waals surface area contributed by atoms with Crippen molar-refractivity contribution in [3.63, 3.8) is 0 Å². The highest BCUT2D eigenvalue weighted by Crippen LogP contribution is 2.29. The normalized spacial score (nSPS) is 14.8. The Hall–Kier alpha value is -0.750. The zero-order chi connectivity index (χ0) is 13.1. The van der Waals surface area contributed by atoms with E-state index >= 15 is 0 Å². The molecular weight excluding hydrogens is 269 g/mol. The van der Waals surface area contributed by atoms with Crippen molar-refractivity contribution in [2.45, 2.75) is 6.18 Å². The van der Waals surface area contributed by atoms with Crippen LogP contribution in [0.15, 0.2) is 28.5 Å². The summed E-state index contributed by atoms with van der Waals surface area (Å²) < 4.78 is 48.8. The van der Waals surface area contributed by atoms with Crippen molar-refractivity contribution in [3.8, 4) is 0 Å². The summed E-state index contributed by atoms with van der Waals surface area (Å²) in [6.07, 6.45) is 0.614. The molecule has 0 aliphatic carbocycles. The Balaban J connectivity index is 3.00. The zero-order valence-electron chi connectivity index (χ0n) is 9.25. The van der Waals surface area contributed by atoms with Gasteiger partial charge in [-0.3, -0.25) is 4.21 Å². The quantitative estimate of drug-likeness (QED) is 0.839. The molecule has 1 atom stereocenters. The molecular formula is C11H11F3OS2. The van der Waals surface area contributed by atoms with E-state index in [0.717, 1.165) is 12.1 Å². The van der Waals surface area contributed by atoms with Gasteiger partial charge in [0.2, 0.25) is 0 Å². The summed E-state index contributed by atoms with van der Waals surface area (Å²) >= 11 is 1.32. The van der Waals surface area contributed by atoms with Gasteiger partial charge in [-0.05, 0) is 30.0 Å². The maximum absolute atomic E-state index is 12.3. The molecule has 0 amide bonds. The van der Waals surface area contributed by atoms with Gasteiger partial charge in [0.1, 0.15) is 0 Å². The highest BCUT2D eigenvalue weighted by atomic mass is 32.2. The smallest absolute Gasteiger partial charge is 0.254 e. The van der Waals surface area contributed by atoms with Crippen LogP contribution in [0, 0.1) is 0 Å². The standard InChI is InChI=1S/C11H11F3OS2/c1-16-10(17(2)15)7-8-3-5-9(6-4-8)11(12,13)14/h3-7H,1-2H3/b10-7+. The van der Waals surface area contributed by atoms with Gasteiger partial charge >= 0.3 is 6.18 Å². The molecule has 0 spiro atoms. The maximum Gasteiger partial charge on any atom is 0.416 e. The van der Waals surface area contributed by atoms with Crippen molar-refractivity contribution >= 4 is 28.6 Å². The van der Waals surface area contributed by atoms with E-state index in [0.29, 0.717) is 9.80 Å². The second-order valence-corrected chi connectivity index (χ2v) is 5.70. The van der Waals surface area contributed by atoms with Crippen LogP contribution in [0.1, 0.15) is 11.1 Å². The Morgan fingerprint density at radius 3 is 2.18 bits per heavy atom. The van der Waals surface area contributed by atoms with Crippen molar-refractivity contribution in [1.29, 1.82) is 0 Å². The first-order valence-corrected chi connectivity index (χ1v) is 7.39. The van der Waals surface area contributed by atoms with Gasteiger partial charge in [-0.25, -0.2) is 0 Å². The minimum atomic E-state index is -4.32. The number of rotatable bonds is 3. The number of hydrogen-bond donors (Lipinski definition) is 0. The predicted octanol–water partition coefficient (Wildman–Crippen LogP) is 3.75. The Bertz CT molecular complexity index is 435. The fourth-order valence-corrected chi connectivity index (χ4v) is 2.66.